The molecule has 0 fully saturated rings. The quantitative estimate of drug-likeness (QED) is 0.417. The van der Waals surface area contributed by atoms with Crippen LogP contribution < -0.4 is 15.4 Å². The van der Waals surface area contributed by atoms with E-state index in [0.29, 0.717) is 40.4 Å². The predicted molar refractivity (Wildman–Crippen MR) is 125 cm³/mol. The van der Waals surface area contributed by atoms with Crippen LogP contribution in [0, 0.1) is 0 Å². The number of rotatable bonds is 5. The Labute approximate surface area is 193 Å². The third-order valence-electron chi connectivity index (χ3n) is 5.11. The second kappa shape index (κ2) is 8.68. The molecule has 0 unspecified atom stereocenters. The first kappa shape index (κ1) is 20.6. The summed E-state index contributed by atoms with van der Waals surface area (Å²) in [6.07, 6.45) is 2.52. The number of para-hydroxylation sites is 1. The largest absolute Gasteiger partial charge is 0.454 e. The van der Waals surface area contributed by atoms with Crippen LogP contribution in [0.15, 0.2) is 72.9 Å². The van der Waals surface area contributed by atoms with Gasteiger partial charge in [-0.15, -0.1) is 11.3 Å². The molecule has 3 aromatic carbocycles. The minimum atomic E-state index is -0.291. The Morgan fingerprint density at radius 3 is 2.70 bits per heavy atom. The lowest BCUT2D eigenvalue weighted by Gasteiger charge is -2.10. The summed E-state index contributed by atoms with van der Waals surface area (Å²) in [4.78, 5) is 41.3. The number of carbonyl (C=O) groups is 3. The maximum absolute atomic E-state index is 12.7. The van der Waals surface area contributed by atoms with Crippen LogP contribution in [0.2, 0.25) is 0 Å². The molecule has 0 aliphatic carbocycles. The molecule has 0 saturated heterocycles. The zero-order valence-corrected chi connectivity index (χ0v) is 18.0. The Bertz CT molecular complexity index is 1380. The third-order valence-corrected chi connectivity index (χ3v) is 6.16. The molecule has 0 atom stereocenters. The first-order valence-electron chi connectivity index (χ1n) is 10.1. The van der Waals surface area contributed by atoms with E-state index in [1.54, 1.807) is 60.8 Å². The van der Waals surface area contributed by atoms with Crippen LogP contribution in [0.5, 0.6) is 11.5 Å². The van der Waals surface area contributed by atoms with E-state index in [0.717, 1.165) is 21.7 Å². The molecule has 1 aromatic heterocycles. The highest BCUT2D eigenvalue weighted by atomic mass is 32.1. The lowest BCUT2D eigenvalue weighted by Crippen LogP contribution is -2.22. The van der Waals surface area contributed by atoms with Crippen molar-refractivity contribution in [2.45, 2.75) is 6.54 Å². The standard InChI is InChI=1S/C25H17N3O4S/c29-14-15-5-7-16(8-6-15)25-27-13-18(33-25)12-26-23(30)17-9-10-22-20(11-17)28-24(31)19-3-1-2-4-21(19)32-22/h1-11,13-14H,12H2,(H,26,30)(H,28,31). The highest BCUT2D eigenvalue weighted by Gasteiger charge is 2.21. The van der Waals surface area contributed by atoms with Crippen LogP contribution in [-0.2, 0) is 6.54 Å². The number of aldehydes is 1. The van der Waals surface area contributed by atoms with Gasteiger partial charge in [-0.3, -0.25) is 14.4 Å². The fourth-order valence-electron chi connectivity index (χ4n) is 3.41. The summed E-state index contributed by atoms with van der Waals surface area (Å²) in [5, 5.41) is 6.49. The first-order chi connectivity index (χ1) is 16.1. The Kier molecular flexibility index (Phi) is 5.42. The van der Waals surface area contributed by atoms with Crippen LogP contribution in [-0.4, -0.2) is 23.1 Å². The van der Waals surface area contributed by atoms with Gasteiger partial charge in [-0.1, -0.05) is 36.4 Å². The molecule has 0 radical (unpaired) electrons. The van der Waals surface area contributed by atoms with Crippen molar-refractivity contribution < 1.29 is 19.1 Å². The number of aromatic nitrogens is 1. The Hall–Kier alpha value is -4.30. The first-order valence-corrected chi connectivity index (χ1v) is 10.9. The SMILES string of the molecule is O=Cc1ccc(-c2ncc(CNC(=O)c3ccc4c(c3)NC(=O)c3ccccc3O4)s2)cc1. The van der Waals surface area contributed by atoms with Gasteiger partial charge in [-0.2, -0.15) is 0 Å². The predicted octanol–water partition coefficient (Wildman–Crippen LogP) is 4.91. The Balaban J connectivity index is 1.27. The topological polar surface area (TPSA) is 97.4 Å². The summed E-state index contributed by atoms with van der Waals surface area (Å²) in [5.74, 6) is 0.365. The molecule has 1 aliphatic heterocycles. The fraction of sp³-hybridized carbons (Fsp3) is 0.0400. The number of ether oxygens (including phenoxy) is 1. The molecule has 2 amide bonds. The number of nitrogens with zero attached hydrogens (tertiary/aromatic N) is 1. The van der Waals surface area contributed by atoms with Gasteiger partial charge in [-0.05, 0) is 30.3 Å². The van der Waals surface area contributed by atoms with E-state index in [4.69, 9.17) is 4.74 Å². The summed E-state index contributed by atoms with van der Waals surface area (Å²) in [6, 6.07) is 19.1. The highest BCUT2D eigenvalue weighted by molar-refractivity contribution is 7.15. The number of nitrogens with one attached hydrogen (secondary N) is 2. The van der Waals surface area contributed by atoms with Gasteiger partial charge in [0.05, 0.1) is 17.8 Å². The van der Waals surface area contributed by atoms with Gasteiger partial charge in [0.2, 0.25) is 0 Å². The van der Waals surface area contributed by atoms with Crippen molar-refractivity contribution in [1.82, 2.24) is 10.3 Å². The maximum atomic E-state index is 12.7. The summed E-state index contributed by atoms with van der Waals surface area (Å²) in [7, 11) is 0. The molecule has 162 valence electrons. The average molecular weight is 455 g/mol. The average Bonchev–Trinajstić information content (AvgIpc) is 3.27. The van der Waals surface area contributed by atoms with Gasteiger partial charge >= 0.3 is 0 Å². The van der Waals surface area contributed by atoms with E-state index in [2.05, 4.69) is 15.6 Å². The van der Waals surface area contributed by atoms with Crippen molar-refractivity contribution in [3.05, 3.63) is 94.5 Å². The van der Waals surface area contributed by atoms with Gasteiger partial charge in [0, 0.05) is 27.8 Å². The molecule has 8 heteroatoms. The number of hydrogen-bond donors (Lipinski definition) is 2. The van der Waals surface area contributed by atoms with E-state index >= 15 is 0 Å². The second-order valence-electron chi connectivity index (χ2n) is 7.32. The van der Waals surface area contributed by atoms with Crippen LogP contribution in [0.25, 0.3) is 10.6 Å². The van der Waals surface area contributed by atoms with Crippen molar-refractivity contribution in [3.8, 4) is 22.1 Å². The smallest absolute Gasteiger partial charge is 0.259 e. The third kappa shape index (κ3) is 4.24. The van der Waals surface area contributed by atoms with Gasteiger partial charge in [-0.25, -0.2) is 4.98 Å². The number of thiazole rings is 1. The molecular weight excluding hydrogens is 438 g/mol. The van der Waals surface area contributed by atoms with E-state index < -0.39 is 0 Å². The molecule has 2 N–H and O–H groups in total. The molecule has 7 nitrogen and oxygen atoms in total. The molecule has 0 spiro atoms. The van der Waals surface area contributed by atoms with Gasteiger partial charge in [0.15, 0.2) is 5.75 Å². The van der Waals surface area contributed by atoms with Gasteiger partial charge in [0.25, 0.3) is 11.8 Å². The maximum Gasteiger partial charge on any atom is 0.259 e. The summed E-state index contributed by atoms with van der Waals surface area (Å²) in [6.45, 7) is 0.314. The minimum Gasteiger partial charge on any atom is -0.454 e. The van der Waals surface area contributed by atoms with E-state index in [1.165, 1.54) is 11.3 Å². The molecule has 2 heterocycles. The zero-order valence-electron chi connectivity index (χ0n) is 17.2. The van der Waals surface area contributed by atoms with Crippen LogP contribution in [0.4, 0.5) is 5.69 Å². The monoisotopic (exact) mass is 455 g/mol. The fourth-order valence-corrected chi connectivity index (χ4v) is 4.26. The van der Waals surface area contributed by atoms with Crippen molar-refractivity contribution >= 4 is 35.1 Å². The van der Waals surface area contributed by atoms with Gasteiger partial charge < -0.3 is 15.4 Å². The number of carbonyl (C=O) groups excluding carboxylic acids is 3. The second-order valence-corrected chi connectivity index (χ2v) is 8.43. The molecule has 4 aromatic rings. The van der Waals surface area contributed by atoms with Crippen molar-refractivity contribution in [2.24, 2.45) is 0 Å². The molecule has 33 heavy (non-hydrogen) atoms. The van der Waals surface area contributed by atoms with E-state index in [1.807, 2.05) is 12.1 Å². The highest BCUT2D eigenvalue weighted by Crippen LogP contribution is 2.36. The van der Waals surface area contributed by atoms with Crippen LogP contribution >= 0.6 is 11.3 Å². The lowest BCUT2D eigenvalue weighted by atomic mass is 10.1. The van der Waals surface area contributed by atoms with Gasteiger partial charge in [0.1, 0.15) is 17.0 Å². The van der Waals surface area contributed by atoms with E-state index in [-0.39, 0.29) is 11.8 Å². The van der Waals surface area contributed by atoms with Crippen LogP contribution in [0.3, 0.4) is 0 Å². The molecule has 5 rings (SSSR count). The minimum absolute atomic E-state index is 0.279. The van der Waals surface area contributed by atoms with Crippen molar-refractivity contribution in [1.29, 1.82) is 0 Å². The molecule has 0 bridgehead atoms. The molecular formula is C25H17N3O4S. The van der Waals surface area contributed by atoms with Crippen LogP contribution in [0.1, 0.15) is 36.0 Å². The summed E-state index contributed by atoms with van der Waals surface area (Å²) in [5.41, 5.74) is 2.78. The summed E-state index contributed by atoms with van der Waals surface area (Å²) >= 11 is 1.46. The van der Waals surface area contributed by atoms with E-state index in [9.17, 15) is 14.4 Å². The molecule has 1 aliphatic rings. The number of benzene rings is 3. The number of anilines is 1. The normalized spacial score (nSPS) is 11.9. The van der Waals surface area contributed by atoms with Crippen molar-refractivity contribution in [2.75, 3.05) is 5.32 Å². The Morgan fingerprint density at radius 2 is 1.88 bits per heavy atom. The Morgan fingerprint density at radius 1 is 1.06 bits per heavy atom. The lowest BCUT2D eigenvalue weighted by molar-refractivity contribution is 0.0949. The zero-order chi connectivity index (χ0) is 22.8. The number of amides is 2. The van der Waals surface area contributed by atoms with Crippen molar-refractivity contribution in [3.63, 3.8) is 0 Å². The molecule has 0 saturated carbocycles. The number of hydrogen-bond acceptors (Lipinski definition) is 6. The number of fused-ring (bicyclic) bond motifs is 2. The summed E-state index contributed by atoms with van der Waals surface area (Å²) < 4.78 is 5.86.